The van der Waals surface area contributed by atoms with Gasteiger partial charge in [0, 0.05) is 24.9 Å². The molecule has 3 aromatic rings. The van der Waals surface area contributed by atoms with Crippen LogP contribution < -0.4 is 16.9 Å². The second kappa shape index (κ2) is 3.80. The SMILES string of the molecule is Cn1ccc(-c2nc3nc(N)[nH]c(=O)c3[nH]2)cc1=O. The van der Waals surface area contributed by atoms with Gasteiger partial charge in [0.05, 0.1) is 0 Å². The van der Waals surface area contributed by atoms with E-state index in [1.54, 1.807) is 19.3 Å². The van der Waals surface area contributed by atoms with Crippen molar-refractivity contribution in [1.82, 2.24) is 24.5 Å². The van der Waals surface area contributed by atoms with E-state index < -0.39 is 5.56 Å². The van der Waals surface area contributed by atoms with Crippen LogP contribution in [0.4, 0.5) is 5.95 Å². The van der Waals surface area contributed by atoms with Gasteiger partial charge in [0.25, 0.3) is 11.1 Å². The van der Waals surface area contributed by atoms with E-state index in [4.69, 9.17) is 5.73 Å². The smallest absolute Gasteiger partial charge is 0.278 e. The van der Waals surface area contributed by atoms with Crippen LogP contribution in [0.5, 0.6) is 0 Å². The molecule has 0 aliphatic carbocycles. The fourth-order valence-electron chi connectivity index (χ4n) is 1.76. The summed E-state index contributed by atoms with van der Waals surface area (Å²) in [5.74, 6) is 0.399. The molecule has 0 aliphatic heterocycles. The summed E-state index contributed by atoms with van der Waals surface area (Å²) in [4.78, 5) is 36.5. The van der Waals surface area contributed by atoms with Crippen LogP contribution in [0.3, 0.4) is 0 Å². The van der Waals surface area contributed by atoms with Gasteiger partial charge in [-0.3, -0.25) is 14.6 Å². The van der Waals surface area contributed by atoms with Crippen molar-refractivity contribution in [3.05, 3.63) is 39.0 Å². The molecule has 3 aromatic heterocycles. The third kappa shape index (κ3) is 1.79. The minimum atomic E-state index is -0.398. The second-order valence-corrected chi connectivity index (χ2v) is 4.10. The van der Waals surface area contributed by atoms with Gasteiger partial charge in [-0.05, 0) is 6.07 Å². The highest BCUT2D eigenvalue weighted by molar-refractivity contribution is 5.75. The lowest BCUT2D eigenvalue weighted by molar-refractivity contribution is 0.860. The summed E-state index contributed by atoms with van der Waals surface area (Å²) in [7, 11) is 1.65. The first-order valence-electron chi connectivity index (χ1n) is 5.47. The molecule has 8 nitrogen and oxygen atoms in total. The monoisotopic (exact) mass is 258 g/mol. The molecule has 0 saturated heterocycles. The van der Waals surface area contributed by atoms with Crippen LogP contribution in [0.2, 0.25) is 0 Å². The van der Waals surface area contributed by atoms with Gasteiger partial charge in [0.15, 0.2) is 11.2 Å². The van der Waals surface area contributed by atoms with Crippen molar-refractivity contribution in [2.24, 2.45) is 7.05 Å². The van der Waals surface area contributed by atoms with Gasteiger partial charge in [-0.15, -0.1) is 0 Å². The van der Waals surface area contributed by atoms with Crippen molar-refractivity contribution in [2.75, 3.05) is 5.73 Å². The molecule has 19 heavy (non-hydrogen) atoms. The zero-order chi connectivity index (χ0) is 13.6. The van der Waals surface area contributed by atoms with E-state index in [-0.39, 0.29) is 22.7 Å². The Morgan fingerprint density at radius 2 is 2.05 bits per heavy atom. The normalized spacial score (nSPS) is 11.0. The minimum Gasteiger partial charge on any atom is -0.369 e. The number of H-pyrrole nitrogens is 2. The van der Waals surface area contributed by atoms with Gasteiger partial charge in [0.1, 0.15) is 5.82 Å². The van der Waals surface area contributed by atoms with Crippen molar-refractivity contribution in [1.29, 1.82) is 0 Å². The molecule has 0 saturated carbocycles. The summed E-state index contributed by atoms with van der Waals surface area (Å²) in [5.41, 5.74) is 5.91. The third-order valence-corrected chi connectivity index (χ3v) is 2.76. The van der Waals surface area contributed by atoms with E-state index in [0.29, 0.717) is 11.4 Å². The number of aromatic amines is 2. The van der Waals surface area contributed by atoms with E-state index in [1.165, 1.54) is 10.6 Å². The third-order valence-electron chi connectivity index (χ3n) is 2.76. The van der Waals surface area contributed by atoms with Crippen molar-refractivity contribution >= 4 is 17.1 Å². The Hall–Kier alpha value is -2.90. The van der Waals surface area contributed by atoms with Gasteiger partial charge < -0.3 is 15.3 Å². The number of hydrogen-bond donors (Lipinski definition) is 3. The molecule has 0 aliphatic rings. The lowest BCUT2D eigenvalue weighted by Crippen LogP contribution is -2.14. The predicted molar refractivity (Wildman–Crippen MR) is 69.6 cm³/mol. The molecular weight excluding hydrogens is 248 g/mol. The maximum absolute atomic E-state index is 11.7. The molecule has 0 aromatic carbocycles. The summed E-state index contributed by atoms with van der Waals surface area (Å²) in [6, 6.07) is 3.14. The maximum atomic E-state index is 11.7. The first kappa shape index (κ1) is 11.2. The molecule has 0 fully saturated rings. The Bertz CT molecular complexity index is 888. The second-order valence-electron chi connectivity index (χ2n) is 4.10. The maximum Gasteiger partial charge on any atom is 0.278 e. The summed E-state index contributed by atoms with van der Waals surface area (Å²) in [6.45, 7) is 0. The number of pyridine rings is 1. The van der Waals surface area contributed by atoms with Gasteiger partial charge in [0.2, 0.25) is 5.95 Å². The number of aromatic nitrogens is 5. The number of rotatable bonds is 1. The minimum absolute atomic E-state index is 0.000439. The van der Waals surface area contributed by atoms with Crippen LogP contribution in [0.15, 0.2) is 27.9 Å². The zero-order valence-corrected chi connectivity index (χ0v) is 9.97. The highest BCUT2D eigenvalue weighted by Gasteiger charge is 2.10. The van der Waals surface area contributed by atoms with E-state index in [9.17, 15) is 9.59 Å². The summed E-state index contributed by atoms with van der Waals surface area (Å²) in [6.07, 6.45) is 1.62. The number of aryl methyl sites for hydroxylation is 1. The molecule has 4 N–H and O–H groups in total. The highest BCUT2D eigenvalue weighted by atomic mass is 16.1. The standard InChI is InChI=1S/C11H10N6O2/c1-17-3-2-5(4-6(17)18)8-13-7-9(14-8)15-11(12)16-10(7)19/h2-4H,1H3,(H4,12,13,14,15,16,19). The fraction of sp³-hybridized carbons (Fsp3) is 0.0909. The molecule has 0 spiro atoms. The molecule has 0 bridgehead atoms. The first-order valence-corrected chi connectivity index (χ1v) is 5.47. The molecule has 8 heteroatoms. The van der Waals surface area contributed by atoms with Crippen LogP contribution in [0.1, 0.15) is 0 Å². The van der Waals surface area contributed by atoms with E-state index in [2.05, 4.69) is 19.9 Å². The number of hydrogen-bond acceptors (Lipinski definition) is 5. The molecule has 3 rings (SSSR count). The van der Waals surface area contributed by atoms with Crippen molar-refractivity contribution in [3.63, 3.8) is 0 Å². The molecule has 96 valence electrons. The Kier molecular flexibility index (Phi) is 2.24. The zero-order valence-electron chi connectivity index (χ0n) is 9.97. The average molecular weight is 258 g/mol. The van der Waals surface area contributed by atoms with Gasteiger partial charge in [-0.1, -0.05) is 0 Å². The lowest BCUT2D eigenvalue weighted by atomic mass is 10.2. The van der Waals surface area contributed by atoms with E-state index >= 15 is 0 Å². The van der Waals surface area contributed by atoms with Crippen LogP contribution in [0.25, 0.3) is 22.6 Å². The van der Waals surface area contributed by atoms with E-state index in [1.807, 2.05) is 0 Å². The van der Waals surface area contributed by atoms with Gasteiger partial charge >= 0.3 is 0 Å². The first-order chi connectivity index (χ1) is 9.04. The number of nitrogens with zero attached hydrogens (tertiary/aromatic N) is 3. The van der Waals surface area contributed by atoms with Crippen molar-refractivity contribution < 1.29 is 0 Å². The molecule has 0 amide bonds. The molecule has 3 heterocycles. The molecule has 0 radical (unpaired) electrons. The number of nitrogens with two attached hydrogens (primary N) is 1. The Morgan fingerprint density at radius 1 is 1.26 bits per heavy atom. The van der Waals surface area contributed by atoms with Gasteiger partial charge in [-0.25, -0.2) is 4.98 Å². The van der Waals surface area contributed by atoms with Crippen LogP contribution >= 0.6 is 0 Å². The van der Waals surface area contributed by atoms with E-state index in [0.717, 1.165) is 0 Å². The summed E-state index contributed by atoms with van der Waals surface area (Å²) < 4.78 is 1.44. The summed E-state index contributed by atoms with van der Waals surface area (Å²) >= 11 is 0. The van der Waals surface area contributed by atoms with Crippen LogP contribution in [-0.4, -0.2) is 24.5 Å². The quantitative estimate of drug-likeness (QED) is 0.547. The number of imidazole rings is 1. The van der Waals surface area contributed by atoms with Crippen LogP contribution in [-0.2, 0) is 7.05 Å². The summed E-state index contributed by atoms with van der Waals surface area (Å²) in [5, 5.41) is 0. The van der Waals surface area contributed by atoms with Crippen LogP contribution in [0, 0.1) is 0 Å². The predicted octanol–water partition coefficient (Wildman–Crippen LogP) is -0.406. The Balaban J connectivity index is 2.26. The Labute approximate surface area is 105 Å². The molecule has 0 unspecified atom stereocenters. The number of nitrogens with one attached hydrogen (secondary N) is 2. The largest absolute Gasteiger partial charge is 0.369 e. The number of nitrogen functional groups attached to an aromatic ring is 1. The van der Waals surface area contributed by atoms with Crippen molar-refractivity contribution in [3.8, 4) is 11.4 Å². The Morgan fingerprint density at radius 3 is 2.79 bits per heavy atom. The topological polar surface area (TPSA) is 122 Å². The average Bonchev–Trinajstić information content (AvgIpc) is 2.76. The number of fused-ring (bicyclic) bond motifs is 1. The van der Waals surface area contributed by atoms with Gasteiger partial charge in [-0.2, -0.15) is 4.98 Å². The van der Waals surface area contributed by atoms with Crippen molar-refractivity contribution in [2.45, 2.75) is 0 Å². The molecule has 0 atom stereocenters. The fourth-order valence-corrected chi connectivity index (χ4v) is 1.76. The molecular formula is C11H10N6O2. The lowest BCUT2D eigenvalue weighted by Gasteiger charge is -1.98. The number of anilines is 1. The highest BCUT2D eigenvalue weighted by Crippen LogP contribution is 2.15.